The van der Waals surface area contributed by atoms with Crippen LogP contribution in [0.5, 0.6) is 0 Å². The molecule has 1 aromatic rings. The SMILES string of the molecule is CN1CCN([C@@H]2CCCN(C3CNC(C(N)=O)C(Nc4ccc(C5CCN(CC6CCN(C7CCC(C(=O)N[C@H]8CCC(O)NC8=O)N(C8CCCCC8)C7)CC6)CC5)cc4)N3)C2)C1=O. The molecule has 0 aromatic heterocycles. The Morgan fingerprint density at radius 2 is 1.52 bits per heavy atom. The number of urea groups is 1. The Labute approximate surface area is 386 Å². The van der Waals surface area contributed by atoms with E-state index in [9.17, 15) is 24.3 Å². The molecule has 7 saturated heterocycles. The fourth-order valence-electron chi connectivity index (χ4n) is 12.8. The molecule has 0 radical (unpaired) electrons. The number of nitrogens with two attached hydrogens (primary N) is 1. The second-order valence-corrected chi connectivity index (χ2v) is 20.9. The van der Waals surface area contributed by atoms with Gasteiger partial charge in [0, 0.05) is 70.1 Å². The topological polar surface area (TPSA) is 194 Å². The zero-order valence-corrected chi connectivity index (χ0v) is 38.9. The maximum atomic E-state index is 13.7. The smallest absolute Gasteiger partial charge is 0.320 e. The third-order valence-corrected chi connectivity index (χ3v) is 16.7. The number of aliphatic hydroxyl groups excluding tert-OH is 1. The molecule has 9 rings (SSSR count). The monoisotopic (exact) mass is 903 g/mol. The molecule has 0 bridgehead atoms. The fourth-order valence-corrected chi connectivity index (χ4v) is 12.8. The number of aliphatic hydroxyl groups is 1. The van der Waals surface area contributed by atoms with E-state index in [1.165, 1.54) is 44.2 Å². The minimum atomic E-state index is -0.821. The van der Waals surface area contributed by atoms with Gasteiger partial charge in [0.1, 0.15) is 24.5 Å². The van der Waals surface area contributed by atoms with Crippen LogP contribution in [0.3, 0.4) is 0 Å². The van der Waals surface area contributed by atoms with E-state index in [1.54, 1.807) is 4.90 Å². The molecule has 1 aromatic carbocycles. The standard InChI is InChI=1S/C48H78N12O5/c1-55-26-27-59(48(55)65)38-8-5-21-58(30-38)41-28-50-43(44(49)62)45(53-41)51-35-11-9-33(10-12-35)34-19-22-56(23-20-34)29-32-17-24-57(25-18-32)37-13-15-40(60(31-37)36-6-3-2-4-7-36)47(64)52-39-14-16-42(61)54-46(39)63/h9-12,32,34,36-43,45,50-51,53,61H,2-8,13-31H2,1H3,(H2,49,62)(H,52,64)(H,54,63)/t37?,38-,39+,40?,41?,42?,43?,45?/m1/s1. The van der Waals surface area contributed by atoms with Gasteiger partial charge in [-0.1, -0.05) is 31.4 Å². The van der Waals surface area contributed by atoms with Crippen LogP contribution < -0.4 is 32.3 Å². The lowest BCUT2D eigenvalue weighted by atomic mass is 9.86. The van der Waals surface area contributed by atoms with Crippen molar-refractivity contribution in [2.75, 3.05) is 84.4 Å². The molecule has 0 spiro atoms. The Bertz CT molecular complexity index is 1790. The molecule has 8 N–H and O–H groups in total. The Morgan fingerprint density at radius 1 is 0.769 bits per heavy atom. The molecule has 17 heteroatoms. The van der Waals surface area contributed by atoms with Crippen LogP contribution >= 0.6 is 0 Å². The molecule has 6 unspecified atom stereocenters. The molecule has 7 heterocycles. The number of rotatable bonds is 12. The van der Waals surface area contributed by atoms with Crippen molar-refractivity contribution in [2.45, 2.75) is 157 Å². The minimum absolute atomic E-state index is 0.0133. The van der Waals surface area contributed by atoms with Crippen molar-refractivity contribution in [3.05, 3.63) is 29.8 Å². The minimum Gasteiger partial charge on any atom is -0.374 e. The number of nitrogens with one attached hydrogen (secondary N) is 5. The van der Waals surface area contributed by atoms with Gasteiger partial charge in [-0.25, -0.2) is 4.79 Å². The van der Waals surface area contributed by atoms with E-state index < -0.39 is 18.3 Å². The van der Waals surface area contributed by atoms with E-state index in [0.29, 0.717) is 43.3 Å². The summed E-state index contributed by atoms with van der Waals surface area (Å²) >= 11 is 0. The van der Waals surface area contributed by atoms with Crippen LogP contribution in [0.25, 0.3) is 0 Å². The quantitative estimate of drug-likeness (QED) is 0.160. The van der Waals surface area contributed by atoms with Crippen LogP contribution in [0.4, 0.5) is 10.5 Å². The first kappa shape index (κ1) is 46.5. The number of piperazine rings is 1. The Morgan fingerprint density at radius 3 is 2.23 bits per heavy atom. The number of amides is 5. The predicted octanol–water partition coefficient (Wildman–Crippen LogP) is 1.40. The van der Waals surface area contributed by atoms with E-state index in [-0.39, 0.29) is 48.2 Å². The number of carbonyl (C=O) groups excluding carboxylic acids is 4. The number of hydrogen-bond donors (Lipinski definition) is 7. The Kier molecular flexibility index (Phi) is 15.1. The number of hydrogen-bond acceptors (Lipinski definition) is 12. The lowest BCUT2D eigenvalue weighted by molar-refractivity contribution is -0.137. The maximum absolute atomic E-state index is 13.7. The Hall–Kier alpha value is -3.58. The lowest BCUT2D eigenvalue weighted by Crippen LogP contribution is -2.71. The van der Waals surface area contributed by atoms with Crippen molar-refractivity contribution in [2.24, 2.45) is 11.7 Å². The number of likely N-dealkylation sites (N-methyl/N-ethyl adjacent to an activating group) is 1. The average Bonchev–Trinajstić information content (AvgIpc) is 3.67. The second kappa shape index (κ2) is 21.2. The zero-order chi connectivity index (χ0) is 45.0. The summed E-state index contributed by atoms with van der Waals surface area (Å²) in [5.74, 6) is 0.562. The van der Waals surface area contributed by atoms with Crippen molar-refractivity contribution in [1.82, 2.24) is 50.7 Å². The second-order valence-electron chi connectivity index (χ2n) is 20.9. The normalized spacial score (nSPS) is 33.8. The highest BCUT2D eigenvalue weighted by molar-refractivity contribution is 5.90. The van der Waals surface area contributed by atoms with Gasteiger partial charge in [-0.2, -0.15) is 0 Å². The zero-order valence-electron chi connectivity index (χ0n) is 38.9. The molecule has 17 nitrogen and oxygen atoms in total. The van der Waals surface area contributed by atoms with Crippen molar-refractivity contribution < 1.29 is 24.3 Å². The molecule has 360 valence electrons. The van der Waals surface area contributed by atoms with Gasteiger partial charge in [0.2, 0.25) is 17.7 Å². The highest BCUT2D eigenvalue weighted by atomic mass is 16.3. The molecule has 1 saturated carbocycles. The van der Waals surface area contributed by atoms with Gasteiger partial charge in [0.25, 0.3) is 0 Å². The van der Waals surface area contributed by atoms with Crippen LogP contribution in [0.1, 0.15) is 108 Å². The van der Waals surface area contributed by atoms with Crippen LogP contribution in [0.15, 0.2) is 24.3 Å². The highest BCUT2D eigenvalue weighted by Crippen LogP contribution is 2.34. The first-order valence-corrected chi connectivity index (χ1v) is 25.5. The molecule has 65 heavy (non-hydrogen) atoms. The van der Waals surface area contributed by atoms with Crippen LogP contribution in [0, 0.1) is 5.92 Å². The number of primary amides is 1. The number of nitrogens with zero attached hydrogens (tertiary/aromatic N) is 6. The summed E-state index contributed by atoms with van der Waals surface area (Å²) in [5.41, 5.74) is 8.22. The number of piperidine rings is 5. The van der Waals surface area contributed by atoms with Crippen molar-refractivity contribution >= 4 is 29.4 Å². The molecule has 8 fully saturated rings. The van der Waals surface area contributed by atoms with Crippen LogP contribution in [-0.2, 0) is 14.4 Å². The molecular formula is C48H78N12O5. The average molecular weight is 903 g/mol. The first-order chi connectivity index (χ1) is 31.6. The fraction of sp³-hybridized carbons (Fsp3) is 0.792. The van der Waals surface area contributed by atoms with Gasteiger partial charge in [-0.15, -0.1) is 0 Å². The number of anilines is 1. The molecule has 8 aliphatic rings. The summed E-state index contributed by atoms with van der Waals surface area (Å²) in [6.45, 7) is 10.5. The molecule has 1 aliphatic carbocycles. The van der Waals surface area contributed by atoms with Gasteiger partial charge in [0.15, 0.2) is 0 Å². The van der Waals surface area contributed by atoms with Gasteiger partial charge < -0.3 is 46.8 Å². The molecular weight excluding hydrogens is 825 g/mol. The summed E-state index contributed by atoms with van der Waals surface area (Å²) in [4.78, 5) is 65.7. The van der Waals surface area contributed by atoms with E-state index in [2.05, 4.69) is 70.4 Å². The van der Waals surface area contributed by atoms with Crippen LogP contribution in [-0.4, -0.2) is 192 Å². The van der Waals surface area contributed by atoms with Crippen molar-refractivity contribution in [3.63, 3.8) is 0 Å². The summed E-state index contributed by atoms with van der Waals surface area (Å²) < 4.78 is 0. The third-order valence-electron chi connectivity index (χ3n) is 16.7. The van der Waals surface area contributed by atoms with Gasteiger partial charge in [0.05, 0.1) is 12.2 Å². The van der Waals surface area contributed by atoms with E-state index in [4.69, 9.17) is 5.73 Å². The number of carbonyl (C=O) groups is 4. The molecule has 5 amide bonds. The van der Waals surface area contributed by atoms with Crippen molar-refractivity contribution in [1.29, 1.82) is 0 Å². The third kappa shape index (κ3) is 11.1. The largest absolute Gasteiger partial charge is 0.374 e. The highest BCUT2D eigenvalue weighted by Gasteiger charge is 2.43. The van der Waals surface area contributed by atoms with E-state index in [0.717, 1.165) is 116 Å². The van der Waals surface area contributed by atoms with Crippen molar-refractivity contribution in [3.8, 4) is 0 Å². The maximum Gasteiger partial charge on any atom is 0.320 e. The van der Waals surface area contributed by atoms with E-state index >= 15 is 0 Å². The predicted molar refractivity (Wildman–Crippen MR) is 250 cm³/mol. The Balaban J connectivity index is 0.716. The van der Waals surface area contributed by atoms with Gasteiger partial charge >= 0.3 is 6.03 Å². The summed E-state index contributed by atoms with van der Waals surface area (Å²) in [6, 6.07) is 8.70. The summed E-state index contributed by atoms with van der Waals surface area (Å²) in [7, 11) is 1.87. The van der Waals surface area contributed by atoms with Gasteiger partial charge in [-0.3, -0.25) is 34.4 Å². The number of benzene rings is 1. The van der Waals surface area contributed by atoms with Gasteiger partial charge in [-0.05, 0) is 139 Å². The molecule has 7 aliphatic heterocycles. The van der Waals surface area contributed by atoms with Crippen LogP contribution in [0.2, 0.25) is 0 Å². The first-order valence-electron chi connectivity index (χ1n) is 25.5. The van der Waals surface area contributed by atoms with E-state index in [1.807, 2.05) is 11.9 Å². The molecule has 8 atom stereocenters. The lowest BCUT2D eigenvalue weighted by Gasteiger charge is -2.49. The number of likely N-dealkylation sites (tertiary alicyclic amines) is 4. The summed E-state index contributed by atoms with van der Waals surface area (Å²) in [6.07, 6.45) is 14.4. The summed E-state index contributed by atoms with van der Waals surface area (Å²) in [5, 5.41) is 26.2.